The quantitative estimate of drug-likeness (QED) is 0.902. The molecule has 0 aliphatic rings. The number of aryl methyl sites for hydroxylation is 1. The van der Waals surface area contributed by atoms with Crippen LogP contribution in [0.2, 0.25) is 5.02 Å². The van der Waals surface area contributed by atoms with Gasteiger partial charge in [-0.1, -0.05) is 23.7 Å². The molecule has 0 saturated heterocycles. The lowest BCUT2D eigenvalue weighted by Crippen LogP contribution is -2.12. The number of benzene rings is 1. The van der Waals surface area contributed by atoms with E-state index < -0.39 is 0 Å². The Labute approximate surface area is 104 Å². The molecule has 0 aliphatic carbocycles. The smallest absolute Gasteiger partial charge is 0.107 e. The van der Waals surface area contributed by atoms with Crippen LogP contribution in [0.15, 0.2) is 29.6 Å². The van der Waals surface area contributed by atoms with Gasteiger partial charge in [-0.2, -0.15) is 0 Å². The second kappa shape index (κ2) is 5.43. The minimum Gasteiger partial charge on any atom is -0.306 e. The van der Waals surface area contributed by atoms with E-state index in [4.69, 9.17) is 11.6 Å². The lowest BCUT2D eigenvalue weighted by molar-refractivity contribution is 0.689. The highest BCUT2D eigenvalue weighted by molar-refractivity contribution is 7.09. The molecule has 16 heavy (non-hydrogen) atoms. The predicted octanol–water partition coefficient (Wildman–Crippen LogP) is 3.39. The number of halogens is 1. The minimum atomic E-state index is 0.777. The molecule has 0 unspecified atom stereocenters. The highest BCUT2D eigenvalue weighted by Crippen LogP contribution is 2.10. The molecule has 0 radical (unpaired) electrons. The van der Waals surface area contributed by atoms with Crippen molar-refractivity contribution in [3.63, 3.8) is 0 Å². The summed E-state index contributed by atoms with van der Waals surface area (Å²) in [6.07, 6.45) is 0. The van der Waals surface area contributed by atoms with Gasteiger partial charge in [-0.3, -0.25) is 0 Å². The van der Waals surface area contributed by atoms with Crippen LogP contribution in [0.1, 0.15) is 16.3 Å². The maximum absolute atomic E-state index is 5.82. The first-order valence-corrected chi connectivity index (χ1v) is 6.36. The second-order valence-corrected chi connectivity index (χ2v) is 4.99. The average molecular weight is 253 g/mol. The SMILES string of the molecule is Cc1csc(CNCc2ccc(Cl)cc2)n1. The molecule has 1 aromatic heterocycles. The minimum absolute atomic E-state index is 0.777. The third kappa shape index (κ3) is 3.30. The van der Waals surface area contributed by atoms with Crippen molar-refractivity contribution in [1.82, 2.24) is 10.3 Å². The molecule has 2 rings (SSSR count). The normalized spacial score (nSPS) is 10.6. The molecule has 1 N–H and O–H groups in total. The molecule has 1 aromatic carbocycles. The Kier molecular flexibility index (Phi) is 3.93. The number of thiazole rings is 1. The third-order valence-electron chi connectivity index (χ3n) is 2.19. The van der Waals surface area contributed by atoms with Crippen molar-refractivity contribution in [2.24, 2.45) is 0 Å². The molecule has 2 nitrogen and oxygen atoms in total. The summed E-state index contributed by atoms with van der Waals surface area (Å²) in [6, 6.07) is 7.88. The van der Waals surface area contributed by atoms with Gasteiger partial charge in [-0.25, -0.2) is 4.98 Å². The fourth-order valence-corrected chi connectivity index (χ4v) is 2.27. The first-order valence-electron chi connectivity index (χ1n) is 5.10. The molecular weight excluding hydrogens is 240 g/mol. The first kappa shape index (κ1) is 11.6. The van der Waals surface area contributed by atoms with Crippen molar-refractivity contribution < 1.29 is 0 Å². The molecular formula is C12H13ClN2S. The van der Waals surface area contributed by atoms with E-state index >= 15 is 0 Å². The fourth-order valence-electron chi connectivity index (χ4n) is 1.40. The summed E-state index contributed by atoms with van der Waals surface area (Å²) < 4.78 is 0. The third-order valence-corrected chi connectivity index (χ3v) is 3.40. The van der Waals surface area contributed by atoms with Gasteiger partial charge in [-0.05, 0) is 24.6 Å². The number of nitrogens with zero attached hydrogens (tertiary/aromatic N) is 1. The van der Waals surface area contributed by atoms with Crippen molar-refractivity contribution in [2.75, 3.05) is 0 Å². The summed E-state index contributed by atoms with van der Waals surface area (Å²) in [4.78, 5) is 4.39. The van der Waals surface area contributed by atoms with Gasteiger partial charge in [0.2, 0.25) is 0 Å². The van der Waals surface area contributed by atoms with Gasteiger partial charge in [0.05, 0.1) is 0 Å². The summed E-state index contributed by atoms with van der Waals surface area (Å²) >= 11 is 7.51. The van der Waals surface area contributed by atoms with Crippen molar-refractivity contribution in [1.29, 1.82) is 0 Å². The molecule has 0 atom stereocenters. The van der Waals surface area contributed by atoms with E-state index in [1.54, 1.807) is 11.3 Å². The van der Waals surface area contributed by atoms with E-state index in [0.717, 1.165) is 28.8 Å². The molecule has 0 amide bonds. The van der Waals surface area contributed by atoms with Gasteiger partial charge >= 0.3 is 0 Å². The Bertz CT molecular complexity index is 450. The van der Waals surface area contributed by atoms with Gasteiger partial charge in [0.25, 0.3) is 0 Å². The number of hydrogen-bond acceptors (Lipinski definition) is 3. The molecule has 0 aliphatic heterocycles. The Morgan fingerprint density at radius 3 is 2.62 bits per heavy atom. The number of hydrogen-bond donors (Lipinski definition) is 1. The Balaban J connectivity index is 1.82. The summed E-state index contributed by atoms with van der Waals surface area (Å²) in [6.45, 7) is 3.68. The van der Waals surface area contributed by atoms with Crippen LogP contribution in [0.3, 0.4) is 0 Å². The maximum atomic E-state index is 5.82. The van der Waals surface area contributed by atoms with E-state index in [2.05, 4.69) is 15.7 Å². The van der Waals surface area contributed by atoms with Gasteiger partial charge < -0.3 is 5.32 Å². The summed E-state index contributed by atoms with van der Waals surface area (Å²) in [7, 11) is 0. The monoisotopic (exact) mass is 252 g/mol. The zero-order valence-electron chi connectivity index (χ0n) is 9.03. The highest BCUT2D eigenvalue weighted by Gasteiger charge is 1.98. The molecule has 1 heterocycles. The average Bonchev–Trinajstić information content (AvgIpc) is 2.67. The van der Waals surface area contributed by atoms with Gasteiger partial charge in [-0.15, -0.1) is 11.3 Å². The van der Waals surface area contributed by atoms with Crippen molar-refractivity contribution in [3.05, 3.63) is 50.9 Å². The first-order chi connectivity index (χ1) is 7.74. The zero-order chi connectivity index (χ0) is 11.4. The molecule has 0 saturated carbocycles. The summed E-state index contributed by atoms with van der Waals surface area (Å²) in [5.74, 6) is 0. The lowest BCUT2D eigenvalue weighted by Gasteiger charge is -2.02. The van der Waals surface area contributed by atoms with Crippen LogP contribution in [-0.2, 0) is 13.1 Å². The van der Waals surface area contributed by atoms with E-state index in [0.29, 0.717) is 0 Å². The Morgan fingerprint density at radius 2 is 2.00 bits per heavy atom. The Morgan fingerprint density at radius 1 is 1.25 bits per heavy atom. The van der Waals surface area contributed by atoms with Gasteiger partial charge in [0.1, 0.15) is 5.01 Å². The van der Waals surface area contributed by atoms with E-state index in [9.17, 15) is 0 Å². The molecule has 0 bridgehead atoms. The van der Waals surface area contributed by atoms with Crippen LogP contribution in [0.4, 0.5) is 0 Å². The van der Waals surface area contributed by atoms with Crippen molar-refractivity contribution >= 4 is 22.9 Å². The lowest BCUT2D eigenvalue weighted by atomic mass is 10.2. The van der Waals surface area contributed by atoms with E-state index in [-0.39, 0.29) is 0 Å². The highest BCUT2D eigenvalue weighted by atomic mass is 35.5. The number of aromatic nitrogens is 1. The van der Waals surface area contributed by atoms with Crippen LogP contribution in [0.25, 0.3) is 0 Å². The van der Waals surface area contributed by atoms with Crippen molar-refractivity contribution in [2.45, 2.75) is 20.0 Å². The maximum Gasteiger partial charge on any atom is 0.107 e. The molecule has 0 spiro atoms. The molecule has 4 heteroatoms. The van der Waals surface area contributed by atoms with Crippen LogP contribution in [0.5, 0.6) is 0 Å². The Hall–Kier alpha value is -0.900. The number of rotatable bonds is 4. The van der Waals surface area contributed by atoms with Crippen LogP contribution in [-0.4, -0.2) is 4.98 Å². The zero-order valence-corrected chi connectivity index (χ0v) is 10.6. The van der Waals surface area contributed by atoms with E-state index in [1.807, 2.05) is 31.2 Å². The van der Waals surface area contributed by atoms with Crippen molar-refractivity contribution in [3.8, 4) is 0 Å². The summed E-state index contributed by atoms with van der Waals surface area (Å²) in [5.41, 5.74) is 2.32. The standard InChI is InChI=1S/C12H13ClN2S/c1-9-8-16-12(15-9)7-14-6-10-2-4-11(13)5-3-10/h2-5,8,14H,6-7H2,1H3. The molecule has 84 valence electrons. The number of nitrogens with one attached hydrogen (secondary N) is 1. The van der Waals surface area contributed by atoms with E-state index in [1.165, 1.54) is 5.56 Å². The van der Waals surface area contributed by atoms with Crippen LogP contribution >= 0.6 is 22.9 Å². The largest absolute Gasteiger partial charge is 0.306 e. The molecule has 0 fully saturated rings. The fraction of sp³-hybridized carbons (Fsp3) is 0.250. The second-order valence-electron chi connectivity index (χ2n) is 3.61. The van der Waals surface area contributed by atoms with Crippen LogP contribution in [0, 0.1) is 6.92 Å². The predicted molar refractivity (Wildman–Crippen MR) is 68.8 cm³/mol. The summed E-state index contributed by atoms with van der Waals surface area (Å²) in [5, 5.41) is 7.33. The van der Waals surface area contributed by atoms with Crippen LogP contribution < -0.4 is 5.32 Å². The van der Waals surface area contributed by atoms with Gasteiger partial charge in [0.15, 0.2) is 0 Å². The topological polar surface area (TPSA) is 24.9 Å². The van der Waals surface area contributed by atoms with Gasteiger partial charge in [0, 0.05) is 29.2 Å². The molecule has 2 aromatic rings.